The lowest BCUT2D eigenvalue weighted by Gasteiger charge is -2.19. The second kappa shape index (κ2) is 6.55. The van der Waals surface area contributed by atoms with Crippen molar-refractivity contribution in [1.29, 1.82) is 0 Å². The minimum atomic E-state index is -0.182. The number of nitrogens with zero attached hydrogens (tertiary/aromatic N) is 1. The van der Waals surface area contributed by atoms with Crippen LogP contribution < -0.4 is 14.8 Å². The molecule has 2 aromatic rings. The molecule has 1 N–H and O–H groups in total. The van der Waals surface area contributed by atoms with E-state index in [4.69, 9.17) is 9.47 Å². The van der Waals surface area contributed by atoms with Gasteiger partial charge in [-0.3, -0.25) is 9.59 Å². The van der Waals surface area contributed by atoms with E-state index in [9.17, 15) is 9.59 Å². The Morgan fingerprint density at radius 2 is 1.81 bits per heavy atom. The zero-order valence-corrected chi connectivity index (χ0v) is 14.2. The van der Waals surface area contributed by atoms with Crippen molar-refractivity contribution in [2.45, 2.75) is 6.42 Å². The van der Waals surface area contributed by atoms with Crippen LogP contribution in [0.25, 0.3) is 5.70 Å². The fourth-order valence-electron chi connectivity index (χ4n) is 3.13. The van der Waals surface area contributed by atoms with E-state index in [2.05, 4.69) is 11.9 Å². The number of anilines is 1. The Morgan fingerprint density at radius 3 is 2.58 bits per heavy atom. The van der Waals surface area contributed by atoms with E-state index >= 15 is 0 Å². The van der Waals surface area contributed by atoms with Crippen LogP contribution >= 0.6 is 0 Å². The third-order valence-corrected chi connectivity index (χ3v) is 4.43. The molecule has 0 aliphatic carbocycles. The highest BCUT2D eigenvalue weighted by molar-refractivity contribution is 6.09. The van der Waals surface area contributed by atoms with Gasteiger partial charge in [0.25, 0.3) is 5.91 Å². The summed E-state index contributed by atoms with van der Waals surface area (Å²) in [7, 11) is 0. The molecule has 2 aliphatic heterocycles. The number of benzene rings is 2. The van der Waals surface area contributed by atoms with E-state index in [1.807, 2.05) is 18.2 Å². The van der Waals surface area contributed by atoms with E-state index in [0.29, 0.717) is 41.7 Å². The van der Waals surface area contributed by atoms with Crippen molar-refractivity contribution in [2.75, 3.05) is 25.1 Å². The maximum Gasteiger partial charge on any atom is 0.258 e. The summed E-state index contributed by atoms with van der Waals surface area (Å²) in [6.45, 7) is 5.27. The van der Waals surface area contributed by atoms with Crippen LogP contribution in [-0.4, -0.2) is 36.5 Å². The lowest BCUT2D eigenvalue weighted by atomic mass is 10.1. The van der Waals surface area contributed by atoms with Gasteiger partial charge in [-0.15, -0.1) is 0 Å². The van der Waals surface area contributed by atoms with E-state index in [1.165, 1.54) is 0 Å². The molecule has 6 heteroatoms. The molecule has 2 aliphatic rings. The van der Waals surface area contributed by atoms with Gasteiger partial charge >= 0.3 is 0 Å². The van der Waals surface area contributed by atoms with Gasteiger partial charge in [0.15, 0.2) is 11.5 Å². The molecule has 0 bridgehead atoms. The van der Waals surface area contributed by atoms with E-state index in [0.717, 1.165) is 5.56 Å². The van der Waals surface area contributed by atoms with E-state index < -0.39 is 0 Å². The minimum Gasteiger partial charge on any atom is -0.486 e. The first-order valence-corrected chi connectivity index (χ1v) is 8.43. The molecule has 0 aromatic heterocycles. The Kier molecular flexibility index (Phi) is 4.08. The van der Waals surface area contributed by atoms with Gasteiger partial charge in [0.05, 0.1) is 0 Å². The Labute approximate surface area is 151 Å². The standard InChI is InChI=1S/C20H18N2O4/c1-13-15-4-2-3-5-16(15)20(24)22(13)9-8-19(23)21-14-6-7-17-18(12-14)26-11-10-25-17/h2-7,12H,1,8-11H2,(H,21,23). The van der Waals surface area contributed by atoms with Gasteiger partial charge in [0.2, 0.25) is 5.91 Å². The highest BCUT2D eigenvalue weighted by atomic mass is 16.6. The van der Waals surface area contributed by atoms with Gasteiger partial charge in [0, 0.05) is 41.5 Å². The summed E-state index contributed by atoms with van der Waals surface area (Å²) >= 11 is 0. The molecule has 2 heterocycles. The van der Waals surface area contributed by atoms with Gasteiger partial charge < -0.3 is 19.7 Å². The number of nitrogens with one attached hydrogen (secondary N) is 1. The molecule has 0 saturated carbocycles. The lowest BCUT2D eigenvalue weighted by molar-refractivity contribution is -0.116. The summed E-state index contributed by atoms with van der Waals surface area (Å²) in [5, 5.41) is 2.82. The zero-order chi connectivity index (χ0) is 18.1. The first-order chi connectivity index (χ1) is 12.6. The summed E-state index contributed by atoms with van der Waals surface area (Å²) in [5.74, 6) is 0.995. The molecular weight excluding hydrogens is 332 g/mol. The van der Waals surface area contributed by atoms with Crippen LogP contribution in [0.4, 0.5) is 5.69 Å². The molecule has 0 fully saturated rings. The van der Waals surface area contributed by atoms with Gasteiger partial charge in [-0.1, -0.05) is 24.8 Å². The quantitative estimate of drug-likeness (QED) is 0.921. The number of fused-ring (bicyclic) bond motifs is 2. The zero-order valence-electron chi connectivity index (χ0n) is 14.2. The summed E-state index contributed by atoms with van der Waals surface area (Å²) in [5.41, 5.74) is 2.72. The molecule has 0 unspecified atom stereocenters. The van der Waals surface area contributed by atoms with Crippen LogP contribution in [0.15, 0.2) is 49.0 Å². The monoisotopic (exact) mass is 350 g/mol. The van der Waals surface area contributed by atoms with Gasteiger partial charge in [-0.05, 0) is 18.2 Å². The largest absolute Gasteiger partial charge is 0.486 e. The average Bonchev–Trinajstić information content (AvgIpc) is 2.91. The van der Waals surface area contributed by atoms with Gasteiger partial charge in [0.1, 0.15) is 13.2 Å². The third kappa shape index (κ3) is 2.90. The van der Waals surface area contributed by atoms with Crippen molar-refractivity contribution >= 4 is 23.2 Å². The normalized spacial score (nSPS) is 15.0. The molecule has 132 valence electrons. The molecule has 6 nitrogen and oxygen atoms in total. The SMILES string of the molecule is C=C1c2ccccc2C(=O)N1CCC(=O)Nc1ccc2c(c1)OCCO2. The van der Waals surface area contributed by atoms with Crippen molar-refractivity contribution in [3.63, 3.8) is 0 Å². The first kappa shape index (κ1) is 16.2. The third-order valence-electron chi connectivity index (χ3n) is 4.43. The second-order valence-electron chi connectivity index (χ2n) is 6.11. The van der Waals surface area contributed by atoms with Gasteiger partial charge in [-0.2, -0.15) is 0 Å². The number of amides is 2. The van der Waals surface area contributed by atoms with Crippen molar-refractivity contribution in [3.8, 4) is 11.5 Å². The minimum absolute atomic E-state index is 0.113. The summed E-state index contributed by atoms with van der Waals surface area (Å²) < 4.78 is 11.0. The predicted molar refractivity (Wildman–Crippen MR) is 97.2 cm³/mol. The summed E-state index contributed by atoms with van der Waals surface area (Å²) in [6.07, 6.45) is 0.174. The Balaban J connectivity index is 1.38. The van der Waals surface area contributed by atoms with Crippen molar-refractivity contribution in [1.82, 2.24) is 4.90 Å². The molecule has 2 aromatic carbocycles. The number of carbonyl (C=O) groups excluding carboxylic acids is 2. The number of hydrogen-bond donors (Lipinski definition) is 1. The number of rotatable bonds is 4. The molecule has 26 heavy (non-hydrogen) atoms. The van der Waals surface area contributed by atoms with Gasteiger partial charge in [-0.25, -0.2) is 0 Å². The number of carbonyl (C=O) groups is 2. The van der Waals surface area contributed by atoms with Crippen LogP contribution in [0.1, 0.15) is 22.3 Å². The Bertz CT molecular complexity index is 871. The van der Waals surface area contributed by atoms with Crippen molar-refractivity contribution < 1.29 is 19.1 Å². The van der Waals surface area contributed by atoms with E-state index in [1.54, 1.807) is 29.2 Å². The number of hydrogen-bond acceptors (Lipinski definition) is 4. The predicted octanol–water partition coefficient (Wildman–Crippen LogP) is 2.91. The topological polar surface area (TPSA) is 67.9 Å². The molecule has 0 atom stereocenters. The summed E-state index contributed by atoms with van der Waals surface area (Å²) in [4.78, 5) is 26.3. The molecule has 0 saturated heterocycles. The second-order valence-corrected chi connectivity index (χ2v) is 6.11. The van der Waals surface area contributed by atoms with E-state index in [-0.39, 0.29) is 24.8 Å². The molecule has 0 spiro atoms. The fraction of sp³-hybridized carbons (Fsp3) is 0.200. The molecule has 4 rings (SSSR count). The first-order valence-electron chi connectivity index (χ1n) is 8.43. The van der Waals surface area contributed by atoms with Crippen molar-refractivity contribution in [3.05, 3.63) is 60.2 Å². The highest BCUT2D eigenvalue weighted by Crippen LogP contribution is 2.33. The molecule has 0 radical (unpaired) electrons. The van der Waals surface area contributed by atoms with Crippen LogP contribution in [0.5, 0.6) is 11.5 Å². The lowest BCUT2D eigenvalue weighted by Crippen LogP contribution is -2.27. The van der Waals surface area contributed by atoms with Crippen LogP contribution in [0.2, 0.25) is 0 Å². The smallest absolute Gasteiger partial charge is 0.258 e. The van der Waals surface area contributed by atoms with Crippen LogP contribution in [0.3, 0.4) is 0 Å². The Morgan fingerprint density at radius 1 is 1.08 bits per heavy atom. The maximum atomic E-state index is 12.4. The fourth-order valence-corrected chi connectivity index (χ4v) is 3.13. The van der Waals surface area contributed by atoms with Crippen molar-refractivity contribution in [2.24, 2.45) is 0 Å². The average molecular weight is 350 g/mol. The maximum absolute atomic E-state index is 12.4. The number of ether oxygens (including phenoxy) is 2. The van der Waals surface area contributed by atoms with Crippen LogP contribution in [0, 0.1) is 0 Å². The summed E-state index contributed by atoms with van der Waals surface area (Å²) in [6, 6.07) is 12.6. The van der Waals surface area contributed by atoms with Crippen LogP contribution in [-0.2, 0) is 4.79 Å². The Hall–Kier alpha value is -3.28. The highest BCUT2D eigenvalue weighted by Gasteiger charge is 2.30. The molecular formula is C20H18N2O4. The molecule has 2 amide bonds.